The van der Waals surface area contributed by atoms with Crippen molar-refractivity contribution in [1.82, 2.24) is 9.58 Å². The van der Waals surface area contributed by atoms with Crippen molar-refractivity contribution in [3.05, 3.63) is 98.5 Å². The number of hydrogen-bond donors (Lipinski definition) is 1. The third-order valence-electron chi connectivity index (χ3n) is 7.99. The van der Waals surface area contributed by atoms with E-state index in [9.17, 15) is 23.5 Å². The highest BCUT2D eigenvalue weighted by atomic mass is 19.2. The summed E-state index contributed by atoms with van der Waals surface area (Å²) in [5.41, 5.74) is 0.820. The first-order valence-corrected chi connectivity index (χ1v) is 12.0. The van der Waals surface area contributed by atoms with Gasteiger partial charge in [0.15, 0.2) is 23.1 Å². The smallest absolute Gasteiger partial charge is 0.278 e. The minimum atomic E-state index is -1.02. The van der Waals surface area contributed by atoms with Gasteiger partial charge in [-0.1, -0.05) is 30.3 Å². The molecule has 3 unspecified atom stereocenters. The highest BCUT2D eigenvalue weighted by molar-refractivity contribution is 5.96. The van der Waals surface area contributed by atoms with Gasteiger partial charge >= 0.3 is 0 Å². The predicted molar refractivity (Wildman–Crippen MR) is 126 cm³/mol. The van der Waals surface area contributed by atoms with E-state index >= 15 is 4.39 Å². The van der Waals surface area contributed by atoms with Gasteiger partial charge < -0.3 is 10.0 Å². The van der Waals surface area contributed by atoms with Crippen molar-refractivity contribution in [3.8, 4) is 5.75 Å². The summed E-state index contributed by atoms with van der Waals surface area (Å²) in [5.74, 6) is -3.33. The Morgan fingerprint density at radius 3 is 2.61 bits per heavy atom. The molecule has 3 atom stereocenters. The Morgan fingerprint density at radius 1 is 1.06 bits per heavy atom. The number of pyridine rings is 1. The molecule has 1 aromatic heterocycles. The predicted octanol–water partition coefficient (Wildman–Crippen LogP) is 3.60. The molecular formula is C27H24F3N3O3. The topological polar surface area (TPSA) is 65.8 Å². The number of hydrogen-bond acceptors (Lipinski definition) is 4. The summed E-state index contributed by atoms with van der Waals surface area (Å²) >= 11 is 0. The standard InChI is InChI=1S/C27H24F3N3O3/c1-15-31(11-4-10-28)26(36)24-25(35)22(34)9-12-32(24)33(15)27-17(13-16-5-2-3-6-19(16)27)14-18-20(27)7-8-21(29)23(18)30/h2-3,5-9,12,15,17,35H,4,10-11,13-14H2,1H3. The summed E-state index contributed by atoms with van der Waals surface area (Å²) in [6, 6.07) is 11.6. The van der Waals surface area contributed by atoms with Gasteiger partial charge in [-0.05, 0) is 54.5 Å². The molecule has 2 heterocycles. The highest BCUT2D eigenvalue weighted by Gasteiger charge is 2.61. The van der Waals surface area contributed by atoms with E-state index in [-0.39, 0.29) is 36.6 Å². The van der Waals surface area contributed by atoms with Gasteiger partial charge in [-0.15, -0.1) is 0 Å². The van der Waals surface area contributed by atoms with Crippen LogP contribution in [-0.4, -0.2) is 40.0 Å². The van der Waals surface area contributed by atoms with E-state index in [1.807, 2.05) is 29.3 Å². The van der Waals surface area contributed by atoms with Gasteiger partial charge in [0, 0.05) is 24.7 Å². The Hall–Kier alpha value is -3.75. The molecule has 1 N–H and O–H groups in total. The van der Waals surface area contributed by atoms with E-state index in [0.717, 1.165) is 17.2 Å². The van der Waals surface area contributed by atoms with Gasteiger partial charge in [-0.2, -0.15) is 0 Å². The van der Waals surface area contributed by atoms with Gasteiger partial charge in [-0.25, -0.2) is 8.78 Å². The van der Waals surface area contributed by atoms with E-state index in [1.54, 1.807) is 13.0 Å². The molecule has 6 nitrogen and oxygen atoms in total. The number of alkyl halides is 1. The summed E-state index contributed by atoms with van der Waals surface area (Å²) < 4.78 is 44.1. The lowest BCUT2D eigenvalue weighted by Gasteiger charge is -2.54. The first-order chi connectivity index (χ1) is 17.3. The van der Waals surface area contributed by atoms with E-state index in [2.05, 4.69) is 0 Å². The monoisotopic (exact) mass is 495 g/mol. The quantitative estimate of drug-likeness (QED) is 0.601. The number of carbonyl (C=O) groups is 1. The van der Waals surface area contributed by atoms with Gasteiger partial charge in [0.25, 0.3) is 5.91 Å². The maximum atomic E-state index is 15.2. The number of halogens is 3. The number of fused-ring (bicyclic) bond motifs is 6. The Bertz CT molecular complexity index is 1470. The van der Waals surface area contributed by atoms with Crippen molar-refractivity contribution in [1.29, 1.82) is 0 Å². The van der Waals surface area contributed by atoms with Crippen LogP contribution >= 0.6 is 0 Å². The minimum absolute atomic E-state index is 0.0581. The summed E-state index contributed by atoms with van der Waals surface area (Å²) in [4.78, 5) is 27.3. The van der Waals surface area contributed by atoms with E-state index in [4.69, 9.17) is 0 Å². The second kappa shape index (κ2) is 7.88. The normalized spacial score (nSPS) is 23.9. The largest absolute Gasteiger partial charge is 0.502 e. The number of amides is 1. The first-order valence-electron chi connectivity index (χ1n) is 12.0. The molecule has 9 heteroatoms. The number of benzene rings is 2. The molecular weight excluding hydrogens is 471 g/mol. The molecule has 0 spiro atoms. The van der Waals surface area contributed by atoms with E-state index in [1.165, 1.54) is 21.8 Å². The Morgan fingerprint density at radius 2 is 1.83 bits per heavy atom. The van der Waals surface area contributed by atoms with Crippen molar-refractivity contribution in [2.24, 2.45) is 5.92 Å². The summed E-state index contributed by atoms with van der Waals surface area (Å²) in [7, 11) is 0. The Labute approximate surface area is 205 Å². The van der Waals surface area contributed by atoms with Crippen LogP contribution in [0.3, 0.4) is 0 Å². The number of aromatic hydroxyl groups is 1. The molecule has 0 saturated carbocycles. The van der Waals surface area contributed by atoms with Crippen molar-refractivity contribution in [2.75, 3.05) is 18.2 Å². The van der Waals surface area contributed by atoms with Crippen molar-refractivity contribution < 1.29 is 23.1 Å². The maximum Gasteiger partial charge on any atom is 0.278 e. The van der Waals surface area contributed by atoms with Crippen LogP contribution in [0.25, 0.3) is 0 Å². The average Bonchev–Trinajstić information content (AvgIpc) is 3.35. The highest BCUT2D eigenvalue weighted by Crippen LogP contribution is 2.57. The van der Waals surface area contributed by atoms with Crippen molar-refractivity contribution >= 4 is 5.91 Å². The van der Waals surface area contributed by atoms with E-state index < -0.39 is 47.1 Å². The number of aromatic nitrogens is 1. The van der Waals surface area contributed by atoms with Crippen molar-refractivity contribution in [2.45, 2.75) is 37.9 Å². The lowest BCUT2D eigenvalue weighted by atomic mass is 9.81. The fourth-order valence-electron chi connectivity index (χ4n) is 6.61. The van der Waals surface area contributed by atoms with Crippen molar-refractivity contribution in [3.63, 3.8) is 0 Å². The van der Waals surface area contributed by atoms with Crippen LogP contribution in [0, 0.1) is 17.6 Å². The fourth-order valence-corrected chi connectivity index (χ4v) is 6.61. The van der Waals surface area contributed by atoms with Crippen LogP contribution in [0.1, 0.15) is 46.1 Å². The first kappa shape index (κ1) is 22.7. The number of rotatable bonds is 4. The summed E-state index contributed by atoms with van der Waals surface area (Å²) in [5, 5.41) is 12.6. The molecule has 0 saturated heterocycles. The molecule has 36 heavy (non-hydrogen) atoms. The Balaban J connectivity index is 1.70. The zero-order chi connectivity index (χ0) is 25.4. The second-order valence-corrected chi connectivity index (χ2v) is 9.66. The molecule has 1 amide bonds. The zero-order valence-electron chi connectivity index (χ0n) is 19.5. The Kier molecular flexibility index (Phi) is 4.97. The van der Waals surface area contributed by atoms with Gasteiger partial charge in [0.05, 0.1) is 6.67 Å². The van der Waals surface area contributed by atoms with Crippen LogP contribution in [0.4, 0.5) is 13.2 Å². The second-order valence-electron chi connectivity index (χ2n) is 9.66. The lowest BCUT2D eigenvalue weighted by molar-refractivity contribution is 0.0508. The molecule has 0 radical (unpaired) electrons. The van der Waals surface area contributed by atoms with Crippen LogP contribution in [0.15, 0.2) is 53.5 Å². The van der Waals surface area contributed by atoms with E-state index in [0.29, 0.717) is 12.0 Å². The molecule has 2 aromatic carbocycles. The molecule has 0 bridgehead atoms. The molecule has 0 fully saturated rings. The third-order valence-corrected chi connectivity index (χ3v) is 7.99. The molecule has 186 valence electrons. The molecule has 2 aliphatic carbocycles. The number of nitrogens with zero attached hydrogens (tertiary/aromatic N) is 3. The molecule has 3 aliphatic rings. The average molecular weight is 496 g/mol. The third kappa shape index (κ3) is 2.74. The van der Waals surface area contributed by atoms with Gasteiger partial charge in [-0.3, -0.25) is 23.7 Å². The van der Waals surface area contributed by atoms with Crippen LogP contribution < -0.4 is 10.4 Å². The van der Waals surface area contributed by atoms with Gasteiger partial charge in [0.2, 0.25) is 5.43 Å². The zero-order valence-corrected chi connectivity index (χ0v) is 19.5. The van der Waals surface area contributed by atoms with Crippen LogP contribution in [-0.2, 0) is 18.4 Å². The fraction of sp³-hybridized carbons (Fsp3) is 0.333. The van der Waals surface area contributed by atoms with Crippen LogP contribution in [0.5, 0.6) is 5.75 Å². The SMILES string of the molecule is CC1N(CCCF)C(=O)c2c(O)c(=O)ccn2N1C12c3ccccc3CC1Cc1c2ccc(F)c1F. The summed E-state index contributed by atoms with van der Waals surface area (Å²) in [6.07, 6.45) is 1.71. The van der Waals surface area contributed by atoms with Crippen LogP contribution in [0.2, 0.25) is 0 Å². The minimum Gasteiger partial charge on any atom is -0.502 e. The number of carbonyl (C=O) groups excluding carboxylic acids is 1. The van der Waals surface area contributed by atoms with Gasteiger partial charge in [0.1, 0.15) is 11.7 Å². The molecule has 6 rings (SSSR count). The molecule has 3 aromatic rings. The molecule has 1 aliphatic heterocycles. The lowest BCUT2D eigenvalue weighted by Crippen LogP contribution is -2.68. The maximum absolute atomic E-state index is 15.2. The summed E-state index contributed by atoms with van der Waals surface area (Å²) in [6.45, 7) is 1.20.